The van der Waals surface area contributed by atoms with E-state index in [2.05, 4.69) is 13.8 Å². The Bertz CT molecular complexity index is 537. The highest BCUT2D eigenvalue weighted by Gasteiger charge is 2.22. The Morgan fingerprint density at radius 1 is 0.840 bits per heavy atom. The minimum Gasteiger partial charge on any atom is -0.504 e. The van der Waals surface area contributed by atoms with Gasteiger partial charge in [0, 0.05) is 0 Å². The SMILES string of the molecule is CCCCCCCc1cc(O)c(O)c(C(=O)O)c1CCCCCCC. The smallest absolute Gasteiger partial charge is 0.339 e. The Morgan fingerprint density at radius 3 is 1.88 bits per heavy atom. The van der Waals surface area contributed by atoms with Gasteiger partial charge in [-0.3, -0.25) is 0 Å². The fraction of sp³-hybridized carbons (Fsp3) is 0.667. The van der Waals surface area contributed by atoms with Gasteiger partial charge in [-0.05, 0) is 42.9 Å². The molecule has 0 aliphatic rings. The molecule has 0 aliphatic carbocycles. The number of aryl methyl sites for hydroxylation is 1. The van der Waals surface area contributed by atoms with E-state index in [0.717, 1.165) is 44.1 Å². The molecule has 1 aromatic rings. The molecule has 0 aromatic heterocycles. The lowest BCUT2D eigenvalue weighted by atomic mass is 9.91. The molecule has 0 saturated carbocycles. The fourth-order valence-corrected chi connectivity index (χ4v) is 3.32. The Morgan fingerprint density at radius 2 is 1.36 bits per heavy atom. The van der Waals surface area contributed by atoms with Crippen LogP contribution in [0.1, 0.15) is 99.5 Å². The Kier molecular flexibility index (Phi) is 10.0. The van der Waals surface area contributed by atoms with E-state index in [4.69, 9.17) is 0 Å². The second-order valence-electron chi connectivity index (χ2n) is 6.89. The number of hydrogen-bond acceptors (Lipinski definition) is 3. The van der Waals surface area contributed by atoms with E-state index < -0.39 is 11.7 Å². The molecular formula is C21H34O4. The first kappa shape index (κ1) is 21.3. The number of benzene rings is 1. The Labute approximate surface area is 151 Å². The van der Waals surface area contributed by atoms with Crippen LogP contribution in [0, 0.1) is 0 Å². The lowest BCUT2D eigenvalue weighted by Crippen LogP contribution is -2.07. The Hall–Kier alpha value is -1.71. The molecule has 4 heteroatoms. The molecule has 0 radical (unpaired) electrons. The van der Waals surface area contributed by atoms with E-state index in [1.165, 1.54) is 32.1 Å². The third-order valence-corrected chi connectivity index (χ3v) is 4.77. The topological polar surface area (TPSA) is 77.8 Å². The van der Waals surface area contributed by atoms with Crippen LogP contribution < -0.4 is 0 Å². The maximum atomic E-state index is 11.6. The molecule has 1 rings (SSSR count). The van der Waals surface area contributed by atoms with Crippen molar-refractivity contribution in [3.63, 3.8) is 0 Å². The van der Waals surface area contributed by atoms with Gasteiger partial charge in [-0.2, -0.15) is 0 Å². The van der Waals surface area contributed by atoms with Crippen LogP contribution in [0.2, 0.25) is 0 Å². The van der Waals surface area contributed by atoms with Gasteiger partial charge in [0.15, 0.2) is 11.5 Å². The van der Waals surface area contributed by atoms with Gasteiger partial charge in [0.2, 0.25) is 0 Å². The molecule has 0 fully saturated rings. The van der Waals surface area contributed by atoms with Gasteiger partial charge in [-0.15, -0.1) is 0 Å². The molecule has 0 bridgehead atoms. The average molecular weight is 350 g/mol. The number of rotatable bonds is 13. The van der Waals surface area contributed by atoms with Crippen molar-refractivity contribution in [3.05, 3.63) is 22.8 Å². The van der Waals surface area contributed by atoms with E-state index in [-0.39, 0.29) is 11.3 Å². The molecule has 0 amide bonds. The largest absolute Gasteiger partial charge is 0.504 e. The molecule has 0 heterocycles. The molecule has 0 unspecified atom stereocenters. The number of hydrogen-bond donors (Lipinski definition) is 3. The highest BCUT2D eigenvalue weighted by molar-refractivity contribution is 5.94. The van der Waals surface area contributed by atoms with Crippen LogP contribution >= 0.6 is 0 Å². The summed E-state index contributed by atoms with van der Waals surface area (Å²) in [6, 6.07) is 1.56. The summed E-state index contributed by atoms with van der Waals surface area (Å²) in [5.41, 5.74) is 1.47. The zero-order valence-electron chi connectivity index (χ0n) is 15.8. The van der Waals surface area contributed by atoms with Crippen LogP contribution in [0.5, 0.6) is 11.5 Å². The normalized spacial score (nSPS) is 11.0. The van der Waals surface area contributed by atoms with Crippen LogP contribution in [-0.2, 0) is 12.8 Å². The quantitative estimate of drug-likeness (QED) is 0.309. The highest BCUT2D eigenvalue weighted by Crippen LogP contribution is 2.36. The first-order chi connectivity index (χ1) is 12.0. The van der Waals surface area contributed by atoms with Gasteiger partial charge in [0.25, 0.3) is 0 Å². The van der Waals surface area contributed by atoms with E-state index in [1.54, 1.807) is 6.07 Å². The molecule has 0 atom stereocenters. The predicted octanol–water partition coefficient (Wildman–Crippen LogP) is 5.82. The minimum atomic E-state index is -1.16. The second kappa shape index (κ2) is 11.8. The number of carboxylic acid groups (broad SMARTS) is 1. The van der Waals surface area contributed by atoms with Crippen LogP contribution in [0.25, 0.3) is 0 Å². The van der Waals surface area contributed by atoms with Crippen molar-refractivity contribution in [2.45, 2.75) is 90.9 Å². The lowest BCUT2D eigenvalue weighted by molar-refractivity contribution is 0.0691. The first-order valence-corrected chi connectivity index (χ1v) is 9.82. The number of aromatic carboxylic acids is 1. The standard InChI is InChI=1S/C21H34O4/c1-3-5-7-9-11-13-16-15-18(22)20(23)19(21(24)25)17(16)14-12-10-8-6-4-2/h15,22-23H,3-14H2,1-2H3,(H,24,25). The molecule has 25 heavy (non-hydrogen) atoms. The van der Waals surface area contributed by atoms with Gasteiger partial charge >= 0.3 is 5.97 Å². The fourth-order valence-electron chi connectivity index (χ4n) is 3.32. The number of phenols is 2. The summed E-state index contributed by atoms with van der Waals surface area (Å²) in [6.45, 7) is 4.34. The van der Waals surface area contributed by atoms with Crippen molar-refractivity contribution >= 4 is 5.97 Å². The molecule has 1 aromatic carbocycles. The van der Waals surface area contributed by atoms with Gasteiger partial charge in [0.1, 0.15) is 5.56 Å². The lowest BCUT2D eigenvalue weighted by Gasteiger charge is -2.15. The van der Waals surface area contributed by atoms with Gasteiger partial charge in [-0.25, -0.2) is 4.79 Å². The van der Waals surface area contributed by atoms with E-state index >= 15 is 0 Å². The van der Waals surface area contributed by atoms with Crippen molar-refractivity contribution < 1.29 is 20.1 Å². The third kappa shape index (κ3) is 6.97. The molecule has 0 spiro atoms. The van der Waals surface area contributed by atoms with Crippen LogP contribution in [0.15, 0.2) is 6.07 Å². The monoisotopic (exact) mass is 350 g/mol. The zero-order valence-corrected chi connectivity index (χ0v) is 15.8. The summed E-state index contributed by atoms with van der Waals surface area (Å²) in [5, 5.41) is 29.5. The summed E-state index contributed by atoms with van der Waals surface area (Å²) in [5.74, 6) is -1.98. The molecule has 0 saturated heterocycles. The molecule has 4 nitrogen and oxygen atoms in total. The first-order valence-electron chi connectivity index (χ1n) is 9.82. The number of carboxylic acids is 1. The predicted molar refractivity (Wildman–Crippen MR) is 102 cm³/mol. The number of aromatic hydroxyl groups is 2. The van der Waals surface area contributed by atoms with Crippen molar-refractivity contribution in [2.24, 2.45) is 0 Å². The van der Waals surface area contributed by atoms with E-state index in [0.29, 0.717) is 12.0 Å². The minimum absolute atomic E-state index is 0.112. The van der Waals surface area contributed by atoms with Gasteiger partial charge in [-0.1, -0.05) is 65.2 Å². The van der Waals surface area contributed by atoms with Crippen LogP contribution in [0.3, 0.4) is 0 Å². The number of phenolic OH excluding ortho intramolecular Hbond substituents is 1. The highest BCUT2D eigenvalue weighted by atomic mass is 16.4. The van der Waals surface area contributed by atoms with Crippen LogP contribution in [-0.4, -0.2) is 21.3 Å². The summed E-state index contributed by atoms with van der Waals surface area (Å²) in [4.78, 5) is 11.6. The van der Waals surface area contributed by atoms with Crippen molar-refractivity contribution in [1.82, 2.24) is 0 Å². The summed E-state index contributed by atoms with van der Waals surface area (Å²) >= 11 is 0. The van der Waals surface area contributed by atoms with Crippen molar-refractivity contribution in [1.29, 1.82) is 0 Å². The van der Waals surface area contributed by atoms with E-state index in [1.807, 2.05) is 0 Å². The zero-order chi connectivity index (χ0) is 18.7. The summed E-state index contributed by atoms with van der Waals surface area (Å²) in [6.07, 6.45) is 12.5. The van der Waals surface area contributed by atoms with Gasteiger partial charge in [0.05, 0.1) is 0 Å². The molecular weight excluding hydrogens is 316 g/mol. The summed E-state index contributed by atoms with van der Waals surface area (Å²) < 4.78 is 0. The molecule has 3 N–H and O–H groups in total. The Balaban J connectivity index is 2.89. The maximum absolute atomic E-state index is 11.6. The molecule has 0 aliphatic heterocycles. The van der Waals surface area contributed by atoms with Crippen molar-refractivity contribution in [2.75, 3.05) is 0 Å². The molecule has 142 valence electrons. The average Bonchev–Trinajstić information content (AvgIpc) is 2.57. The summed E-state index contributed by atoms with van der Waals surface area (Å²) in [7, 11) is 0. The van der Waals surface area contributed by atoms with Gasteiger partial charge < -0.3 is 15.3 Å². The van der Waals surface area contributed by atoms with E-state index in [9.17, 15) is 20.1 Å². The third-order valence-electron chi connectivity index (χ3n) is 4.77. The number of carbonyl (C=O) groups is 1. The van der Waals surface area contributed by atoms with Crippen LogP contribution in [0.4, 0.5) is 0 Å². The maximum Gasteiger partial charge on any atom is 0.339 e. The second-order valence-corrected chi connectivity index (χ2v) is 6.89. The number of unbranched alkanes of at least 4 members (excludes halogenated alkanes) is 8. The van der Waals surface area contributed by atoms with Crippen molar-refractivity contribution in [3.8, 4) is 11.5 Å².